The summed E-state index contributed by atoms with van der Waals surface area (Å²) in [6.07, 6.45) is -0.741. The Morgan fingerprint density at radius 3 is 2.86 bits per heavy atom. The molecule has 2 N–H and O–H groups in total. The highest BCUT2D eigenvalue weighted by atomic mass is 19.1. The number of aliphatic hydroxyl groups is 1. The summed E-state index contributed by atoms with van der Waals surface area (Å²) in [6.45, 7) is 1.19. The predicted octanol–water partition coefficient (Wildman–Crippen LogP) is 2.38. The number of fused-ring (bicyclic) bond motifs is 1. The minimum Gasteiger partial charge on any atom is -0.454 e. The molecule has 4 nitrogen and oxygen atoms in total. The van der Waals surface area contributed by atoms with Gasteiger partial charge in [0.05, 0.1) is 6.10 Å². The van der Waals surface area contributed by atoms with Crippen LogP contribution in [0.25, 0.3) is 0 Å². The van der Waals surface area contributed by atoms with Crippen molar-refractivity contribution in [3.8, 4) is 11.5 Å². The van der Waals surface area contributed by atoms with Crippen molar-refractivity contribution in [2.24, 2.45) is 0 Å². The van der Waals surface area contributed by atoms with Gasteiger partial charge in [0.25, 0.3) is 0 Å². The van der Waals surface area contributed by atoms with E-state index in [0.29, 0.717) is 18.7 Å². The summed E-state index contributed by atoms with van der Waals surface area (Å²) in [5, 5.41) is 13.1. The Kier molecular flexibility index (Phi) is 4.03. The fraction of sp³-hybridized carbons (Fsp3) is 0.250. The highest BCUT2D eigenvalue weighted by Crippen LogP contribution is 2.32. The quantitative estimate of drug-likeness (QED) is 0.887. The van der Waals surface area contributed by atoms with E-state index in [-0.39, 0.29) is 12.6 Å². The summed E-state index contributed by atoms with van der Waals surface area (Å²) in [4.78, 5) is 0. The first-order chi connectivity index (χ1) is 10.2. The van der Waals surface area contributed by atoms with Gasteiger partial charge in [-0.15, -0.1) is 0 Å². The van der Waals surface area contributed by atoms with E-state index in [2.05, 4.69) is 5.32 Å². The zero-order valence-electron chi connectivity index (χ0n) is 11.4. The molecule has 0 aliphatic carbocycles. The Labute approximate surface area is 122 Å². The number of hydrogen-bond donors (Lipinski definition) is 2. The maximum absolute atomic E-state index is 13.1. The Balaban J connectivity index is 1.54. The highest BCUT2D eigenvalue weighted by Gasteiger charge is 2.13. The Morgan fingerprint density at radius 2 is 2.00 bits per heavy atom. The fourth-order valence-corrected chi connectivity index (χ4v) is 2.24. The van der Waals surface area contributed by atoms with E-state index in [9.17, 15) is 9.50 Å². The molecule has 0 fully saturated rings. The predicted molar refractivity (Wildman–Crippen MR) is 75.6 cm³/mol. The molecule has 0 amide bonds. The number of aliphatic hydroxyl groups excluding tert-OH is 1. The molecule has 0 spiro atoms. The van der Waals surface area contributed by atoms with Gasteiger partial charge in [0.2, 0.25) is 6.79 Å². The molecular formula is C16H16FNO3. The Bertz CT molecular complexity index is 633. The number of hydrogen-bond acceptors (Lipinski definition) is 4. The molecule has 21 heavy (non-hydrogen) atoms. The van der Waals surface area contributed by atoms with E-state index in [1.54, 1.807) is 12.1 Å². The molecule has 0 bridgehead atoms. The van der Waals surface area contributed by atoms with Gasteiger partial charge in [0.15, 0.2) is 11.5 Å². The van der Waals surface area contributed by atoms with Crippen LogP contribution in [0.1, 0.15) is 17.2 Å². The van der Waals surface area contributed by atoms with Crippen molar-refractivity contribution < 1.29 is 19.0 Å². The van der Waals surface area contributed by atoms with Gasteiger partial charge in [-0.25, -0.2) is 4.39 Å². The molecule has 2 aromatic carbocycles. The molecule has 0 saturated carbocycles. The first-order valence-corrected chi connectivity index (χ1v) is 6.75. The summed E-state index contributed by atoms with van der Waals surface area (Å²) in [5.41, 5.74) is 1.60. The van der Waals surface area contributed by atoms with Crippen LogP contribution in [0, 0.1) is 5.82 Å². The van der Waals surface area contributed by atoms with Crippen molar-refractivity contribution >= 4 is 0 Å². The highest BCUT2D eigenvalue weighted by molar-refractivity contribution is 5.44. The summed E-state index contributed by atoms with van der Waals surface area (Å²) in [6, 6.07) is 11.7. The molecule has 0 aromatic heterocycles. The van der Waals surface area contributed by atoms with Crippen LogP contribution in [0.3, 0.4) is 0 Å². The van der Waals surface area contributed by atoms with Gasteiger partial charge >= 0.3 is 0 Å². The topological polar surface area (TPSA) is 50.7 Å². The molecule has 5 heteroatoms. The smallest absolute Gasteiger partial charge is 0.231 e. The SMILES string of the molecule is OC(CNCc1ccc2c(c1)OCO2)c1cccc(F)c1. The van der Waals surface area contributed by atoms with Crippen molar-refractivity contribution in [2.45, 2.75) is 12.6 Å². The van der Waals surface area contributed by atoms with Crippen molar-refractivity contribution in [3.05, 3.63) is 59.4 Å². The average molecular weight is 289 g/mol. The number of nitrogens with one attached hydrogen (secondary N) is 1. The lowest BCUT2D eigenvalue weighted by Crippen LogP contribution is -2.21. The van der Waals surface area contributed by atoms with Crippen molar-refractivity contribution in [1.82, 2.24) is 5.32 Å². The van der Waals surface area contributed by atoms with E-state index in [1.807, 2.05) is 18.2 Å². The van der Waals surface area contributed by atoms with Gasteiger partial charge in [0, 0.05) is 13.1 Å². The minimum absolute atomic E-state index is 0.254. The zero-order valence-corrected chi connectivity index (χ0v) is 11.4. The zero-order chi connectivity index (χ0) is 14.7. The Morgan fingerprint density at radius 1 is 1.14 bits per heavy atom. The summed E-state index contributed by atoms with van der Waals surface area (Å²) >= 11 is 0. The van der Waals surface area contributed by atoms with Crippen LogP contribution in [-0.2, 0) is 6.54 Å². The average Bonchev–Trinajstić information content (AvgIpc) is 2.94. The lowest BCUT2D eigenvalue weighted by Gasteiger charge is -2.12. The second-order valence-corrected chi connectivity index (χ2v) is 4.89. The minimum atomic E-state index is -0.741. The maximum atomic E-state index is 13.1. The molecule has 2 aromatic rings. The molecular weight excluding hydrogens is 273 g/mol. The monoisotopic (exact) mass is 289 g/mol. The van der Waals surface area contributed by atoms with Gasteiger partial charge in [-0.3, -0.25) is 0 Å². The molecule has 3 rings (SSSR count). The van der Waals surface area contributed by atoms with Gasteiger partial charge in [-0.05, 0) is 35.4 Å². The number of benzene rings is 2. The van der Waals surface area contributed by atoms with Gasteiger partial charge in [-0.1, -0.05) is 18.2 Å². The van der Waals surface area contributed by atoms with Gasteiger partial charge in [0.1, 0.15) is 5.82 Å². The first kappa shape index (κ1) is 13.9. The molecule has 1 atom stereocenters. The molecule has 1 heterocycles. The van der Waals surface area contributed by atoms with Crippen molar-refractivity contribution in [2.75, 3.05) is 13.3 Å². The Hall–Kier alpha value is -2.11. The first-order valence-electron chi connectivity index (χ1n) is 6.75. The van der Waals surface area contributed by atoms with Crippen LogP contribution in [0.5, 0.6) is 11.5 Å². The van der Waals surface area contributed by atoms with Crippen molar-refractivity contribution in [3.63, 3.8) is 0 Å². The van der Waals surface area contributed by atoms with E-state index in [4.69, 9.17) is 9.47 Å². The largest absolute Gasteiger partial charge is 0.454 e. The molecule has 1 unspecified atom stereocenters. The fourth-order valence-electron chi connectivity index (χ4n) is 2.24. The molecule has 0 radical (unpaired) electrons. The standard InChI is InChI=1S/C16H16FNO3/c17-13-3-1-2-12(7-13)14(19)9-18-8-11-4-5-15-16(6-11)21-10-20-15/h1-7,14,18-19H,8-10H2. The normalized spacial score (nSPS) is 14.2. The second kappa shape index (κ2) is 6.11. The van der Waals surface area contributed by atoms with E-state index in [1.165, 1.54) is 12.1 Å². The van der Waals surface area contributed by atoms with E-state index < -0.39 is 6.10 Å². The molecule has 110 valence electrons. The van der Waals surface area contributed by atoms with Crippen LogP contribution in [0.2, 0.25) is 0 Å². The summed E-state index contributed by atoms with van der Waals surface area (Å²) < 4.78 is 23.6. The maximum Gasteiger partial charge on any atom is 0.231 e. The summed E-state index contributed by atoms with van der Waals surface area (Å²) in [7, 11) is 0. The van der Waals surface area contributed by atoms with Gasteiger partial charge < -0.3 is 19.9 Å². The lowest BCUT2D eigenvalue weighted by atomic mass is 10.1. The van der Waals surface area contributed by atoms with E-state index in [0.717, 1.165) is 17.1 Å². The number of ether oxygens (including phenoxy) is 2. The lowest BCUT2D eigenvalue weighted by molar-refractivity contribution is 0.173. The molecule has 1 aliphatic rings. The van der Waals surface area contributed by atoms with Crippen LogP contribution in [0.15, 0.2) is 42.5 Å². The number of rotatable bonds is 5. The summed E-state index contributed by atoms with van der Waals surface area (Å²) in [5.74, 6) is 1.14. The third-order valence-corrected chi connectivity index (χ3v) is 3.34. The van der Waals surface area contributed by atoms with Crippen LogP contribution in [0.4, 0.5) is 4.39 Å². The third-order valence-electron chi connectivity index (χ3n) is 3.34. The van der Waals surface area contributed by atoms with Crippen LogP contribution >= 0.6 is 0 Å². The molecule has 1 aliphatic heterocycles. The molecule has 0 saturated heterocycles. The number of halogens is 1. The van der Waals surface area contributed by atoms with Crippen molar-refractivity contribution in [1.29, 1.82) is 0 Å². The van der Waals surface area contributed by atoms with E-state index >= 15 is 0 Å². The van der Waals surface area contributed by atoms with Gasteiger partial charge in [-0.2, -0.15) is 0 Å². The van der Waals surface area contributed by atoms with Crippen LogP contribution < -0.4 is 14.8 Å². The second-order valence-electron chi connectivity index (χ2n) is 4.89. The van der Waals surface area contributed by atoms with Crippen LogP contribution in [-0.4, -0.2) is 18.4 Å². The third kappa shape index (κ3) is 3.32.